The molecule has 2 N–H and O–H groups in total. The number of aliphatic carboxylic acids is 1. The average Bonchev–Trinajstić information content (AvgIpc) is 3.29. The Kier molecular flexibility index (Phi) is 7.49. The number of likely N-dealkylation sites (tertiary alicyclic amines) is 1. The molecule has 1 unspecified atom stereocenters. The van der Waals surface area contributed by atoms with Crippen molar-refractivity contribution in [2.24, 2.45) is 0 Å². The van der Waals surface area contributed by atoms with Gasteiger partial charge in [0, 0.05) is 42.9 Å². The fourth-order valence-electron chi connectivity index (χ4n) is 5.45. The summed E-state index contributed by atoms with van der Waals surface area (Å²) in [6.45, 7) is 9.23. The van der Waals surface area contributed by atoms with Gasteiger partial charge in [-0.15, -0.1) is 0 Å². The van der Waals surface area contributed by atoms with Crippen molar-refractivity contribution in [2.45, 2.75) is 77.0 Å². The Morgan fingerprint density at radius 2 is 2.03 bits per heavy atom. The number of carboxylic acids is 1. The zero-order valence-corrected chi connectivity index (χ0v) is 22.2. The van der Waals surface area contributed by atoms with Crippen molar-refractivity contribution in [1.29, 1.82) is 0 Å². The smallest absolute Gasteiger partial charge is 0.325 e. The molecule has 37 heavy (non-hydrogen) atoms. The highest BCUT2D eigenvalue weighted by atomic mass is 16.5. The number of hydrogen-bond donors (Lipinski definition) is 2. The Bertz CT molecular complexity index is 1240. The van der Waals surface area contributed by atoms with E-state index in [2.05, 4.69) is 43.3 Å². The van der Waals surface area contributed by atoms with Gasteiger partial charge in [-0.25, -0.2) is 4.98 Å². The van der Waals surface area contributed by atoms with Crippen molar-refractivity contribution >= 4 is 22.7 Å². The number of para-hydroxylation sites is 1. The maximum atomic E-state index is 12.4. The molecule has 198 valence electrons. The van der Waals surface area contributed by atoms with Crippen molar-refractivity contribution in [3.8, 4) is 0 Å². The molecule has 1 aromatic carbocycles. The summed E-state index contributed by atoms with van der Waals surface area (Å²) >= 11 is 0. The third-order valence-corrected chi connectivity index (χ3v) is 7.41. The molecule has 0 radical (unpaired) electrons. The number of carboxylic acid groups (broad SMARTS) is 1. The molecule has 2 aliphatic heterocycles. The van der Waals surface area contributed by atoms with Crippen LogP contribution in [0.5, 0.6) is 0 Å². The van der Waals surface area contributed by atoms with Crippen molar-refractivity contribution in [3.63, 3.8) is 0 Å². The van der Waals surface area contributed by atoms with Crippen LogP contribution < -0.4 is 5.32 Å². The van der Waals surface area contributed by atoms with Gasteiger partial charge in [-0.1, -0.05) is 30.7 Å². The van der Waals surface area contributed by atoms with Gasteiger partial charge < -0.3 is 15.2 Å². The predicted octanol–water partition coefficient (Wildman–Crippen LogP) is 4.78. The van der Waals surface area contributed by atoms with Crippen LogP contribution in [-0.4, -0.2) is 63.1 Å². The number of anilines is 1. The molecule has 1 fully saturated rings. The summed E-state index contributed by atoms with van der Waals surface area (Å²) in [6, 6.07) is 9.52. The van der Waals surface area contributed by atoms with Crippen molar-refractivity contribution < 1.29 is 14.6 Å². The van der Waals surface area contributed by atoms with E-state index in [1.54, 1.807) is 0 Å². The highest BCUT2D eigenvalue weighted by molar-refractivity contribution is 5.88. The number of benzene rings is 1. The third-order valence-electron chi connectivity index (χ3n) is 7.41. The van der Waals surface area contributed by atoms with Gasteiger partial charge in [0.05, 0.1) is 23.4 Å². The topological polar surface area (TPSA) is 92.5 Å². The lowest BCUT2D eigenvalue weighted by molar-refractivity contribution is -0.150. The van der Waals surface area contributed by atoms with Crippen LogP contribution in [0.15, 0.2) is 36.5 Å². The molecule has 5 rings (SSSR count). The highest BCUT2D eigenvalue weighted by Gasteiger charge is 2.39. The third kappa shape index (κ3) is 5.65. The lowest BCUT2D eigenvalue weighted by atomic mass is 9.97. The summed E-state index contributed by atoms with van der Waals surface area (Å²) in [5.41, 5.74) is 3.94. The summed E-state index contributed by atoms with van der Waals surface area (Å²) in [4.78, 5) is 19.2. The summed E-state index contributed by atoms with van der Waals surface area (Å²) in [6.07, 6.45) is 8.40. The second kappa shape index (κ2) is 10.8. The summed E-state index contributed by atoms with van der Waals surface area (Å²) < 4.78 is 8.02. The van der Waals surface area contributed by atoms with Gasteiger partial charge in [0.2, 0.25) is 0 Å². The normalized spacial score (nSPS) is 17.3. The number of aryl methyl sites for hydroxylation is 2. The van der Waals surface area contributed by atoms with Gasteiger partial charge in [-0.3, -0.25) is 14.4 Å². The number of ether oxygens (including phenoxy) is 1. The fourth-order valence-corrected chi connectivity index (χ4v) is 5.45. The standard InChI is InChI=1S/C29H39N5O3/c1-29(2,3)34-25-21(17-31-34)9-7-12-24(25)26(28(35)36)33-18-23(19-33)37-16-6-4-5-11-22-14-13-20-10-8-15-30-27(20)32-22/h7,9,12-14,17,23,26H,4-6,8,10-11,15-16,18-19H2,1-3H3,(H,30,32)(H,35,36). The Morgan fingerprint density at radius 3 is 2.81 bits per heavy atom. The number of nitrogens with one attached hydrogen (secondary N) is 1. The molecule has 0 saturated carbocycles. The molecule has 4 heterocycles. The first kappa shape index (κ1) is 25.7. The highest BCUT2D eigenvalue weighted by Crippen LogP contribution is 2.34. The molecule has 0 bridgehead atoms. The number of aromatic nitrogens is 3. The van der Waals surface area contributed by atoms with Crippen LogP contribution in [0, 0.1) is 0 Å². The van der Waals surface area contributed by atoms with Crippen LogP contribution in [-0.2, 0) is 27.9 Å². The van der Waals surface area contributed by atoms with Gasteiger partial charge in [0.1, 0.15) is 11.9 Å². The first-order valence-corrected chi connectivity index (χ1v) is 13.6. The van der Waals surface area contributed by atoms with Gasteiger partial charge >= 0.3 is 5.97 Å². The lowest BCUT2D eigenvalue weighted by Crippen LogP contribution is -2.55. The SMILES string of the molecule is CC(C)(C)n1ncc2cccc(C(C(=O)O)N3CC(OCCCCCc4ccc5c(n4)NCCC5)C3)c21. The molecule has 8 nitrogen and oxygen atoms in total. The quantitative estimate of drug-likeness (QED) is 0.383. The molecular formula is C29H39N5O3. The van der Waals surface area contributed by atoms with Crippen molar-refractivity contribution in [3.05, 3.63) is 53.3 Å². The second-order valence-electron chi connectivity index (χ2n) is 11.4. The molecule has 0 aliphatic carbocycles. The van der Waals surface area contributed by atoms with E-state index >= 15 is 0 Å². The maximum absolute atomic E-state index is 12.4. The number of fused-ring (bicyclic) bond motifs is 2. The molecule has 0 spiro atoms. The maximum Gasteiger partial charge on any atom is 0.325 e. The van der Waals surface area contributed by atoms with Crippen molar-refractivity contribution in [1.82, 2.24) is 19.7 Å². The molecular weight excluding hydrogens is 466 g/mol. The first-order chi connectivity index (χ1) is 17.8. The van der Waals surface area contributed by atoms with Crippen LogP contribution in [0.25, 0.3) is 10.9 Å². The van der Waals surface area contributed by atoms with Crippen molar-refractivity contribution in [2.75, 3.05) is 31.6 Å². The number of nitrogens with zero attached hydrogens (tertiary/aromatic N) is 4. The minimum atomic E-state index is -0.835. The summed E-state index contributed by atoms with van der Waals surface area (Å²) in [5.74, 6) is 0.235. The number of hydrogen-bond acceptors (Lipinski definition) is 6. The summed E-state index contributed by atoms with van der Waals surface area (Å²) in [5, 5.41) is 19.1. The van der Waals surface area contributed by atoms with Crippen LogP contribution in [0.2, 0.25) is 0 Å². The average molecular weight is 506 g/mol. The molecule has 8 heteroatoms. The largest absolute Gasteiger partial charge is 0.480 e. The second-order valence-corrected chi connectivity index (χ2v) is 11.4. The number of unbranched alkanes of at least 4 members (excludes halogenated alkanes) is 2. The van der Waals surface area contributed by atoms with E-state index in [0.717, 1.165) is 66.6 Å². The number of pyridine rings is 1. The first-order valence-electron chi connectivity index (χ1n) is 13.6. The Hall–Kier alpha value is -2.97. The molecule has 1 saturated heterocycles. The summed E-state index contributed by atoms with van der Waals surface area (Å²) in [7, 11) is 0. The van der Waals surface area contributed by atoms with E-state index in [1.807, 2.05) is 34.0 Å². The Labute approximate surface area is 219 Å². The van der Waals surface area contributed by atoms with Gasteiger partial charge in [-0.05, 0) is 64.5 Å². The van der Waals surface area contributed by atoms with E-state index in [-0.39, 0.29) is 11.6 Å². The van der Waals surface area contributed by atoms with E-state index < -0.39 is 12.0 Å². The van der Waals surface area contributed by atoms with Crippen LogP contribution in [0.1, 0.15) is 69.3 Å². The van der Waals surface area contributed by atoms with Gasteiger partial charge in [0.15, 0.2) is 0 Å². The lowest BCUT2D eigenvalue weighted by Gasteiger charge is -2.42. The molecule has 1 atom stereocenters. The van der Waals surface area contributed by atoms with E-state index in [4.69, 9.17) is 9.72 Å². The minimum Gasteiger partial charge on any atom is -0.480 e. The Morgan fingerprint density at radius 1 is 1.19 bits per heavy atom. The predicted molar refractivity (Wildman–Crippen MR) is 145 cm³/mol. The zero-order valence-electron chi connectivity index (χ0n) is 22.2. The van der Waals surface area contributed by atoms with Crippen LogP contribution in [0.3, 0.4) is 0 Å². The number of carbonyl (C=O) groups is 1. The van der Waals surface area contributed by atoms with E-state index in [1.165, 1.54) is 12.0 Å². The molecule has 3 aromatic rings. The van der Waals surface area contributed by atoms with Crippen LogP contribution >= 0.6 is 0 Å². The monoisotopic (exact) mass is 505 g/mol. The molecule has 2 aromatic heterocycles. The zero-order chi connectivity index (χ0) is 26.0. The van der Waals surface area contributed by atoms with Crippen LogP contribution in [0.4, 0.5) is 5.82 Å². The van der Waals surface area contributed by atoms with E-state index in [0.29, 0.717) is 19.7 Å². The number of rotatable bonds is 10. The molecule has 0 amide bonds. The van der Waals surface area contributed by atoms with Gasteiger partial charge in [0.25, 0.3) is 0 Å². The Balaban J connectivity index is 1.09. The van der Waals surface area contributed by atoms with E-state index in [9.17, 15) is 9.90 Å². The van der Waals surface area contributed by atoms with Gasteiger partial charge in [-0.2, -0.15) is 5.10 Å². The minimum absolute atomic E-state index is 0.0852. The fraction of sp³-hybridized carbons (Fsp3) is 0.552. The molecule has 2 aliphatic rings.